The number of thiophene rings is 1. The first kappa shape index (κ1) is 12.1. The van der Waals surface area contributed by atoms with Gasteiger partial charge in [0.1, 0.15) is 0 Å². The molecule has 2 N–H and O–H groups in total. The first-order chi connectivity index (χ1) is 8.15. The Morgan fingerprint density at radius 2 is 2.29 bits per heavy atom. The summed E-state index contributed by atoms with van der Waals surface area (Å²) in [6.45, 7) is 1.78. The lowest BCUT2D eigenvalue weighted by atomic mass is 10.0. The summed E-state index contributed by atoms with van der Waals surface area (Å²) >= 11 is 1.60. The number of nitrogens with zero attached hydrogens (tertiary/aromatic N) is 1. The van der Waals surface area contributed by atoms with Crippen LogP contribution in [0.4, 0.5) is 0 Å². The van der Waals surface area contributed by atoms with Gasteiger partial charge in [-0.2, -0.15) is 0 Å². The summed E-state index contributed by atoms with van der Waals surface area (Å²) in [5.41, 5.74) is 0. The minimum atomic E-state index is -0.778. The average molecular weight is 254 g/mol. The van der Waals surface area contributed by atoms with Gasteiger partial charge in [0, 0.05) is 18.0 Å². The second kappa shape index (κ2) is 5.29. The van der Waals surface area contributed by atoms with Crippen molar-refractivity contribution in [3.8, 4) is 0 Å². The Morgan fingerprint density at radius 3 is 2.88 bits per heavy atom. The number of amides is 1. The van der Waals surface area contributed by atoms with E-state index in [0.29, 0.717) is 19.6 Å². The van der Waals surface area contributed by atoms with Gasteiger partial charge in [-0.3, -0.25) is 14.5 Å². The molecule has 5 nitrogen and oxygen atoms in total. The van der Waals surface area contributed by atoms with Crippen LogP contribution in [0.15, 0.2) is 17.5 Å². The molecule has 1 aliphatic rings. The zero-order valence-electron chi connectivity index (χ0n) is 9.26. The van der Waals surface area contributed by atoms with Gasteiger partial charge in [-0.25, -0.2) is 0 Å². The van der Waals surface area contributed by atoms with Gasteiger partial charge >= 0.3 is 5.97 Å². The third-order valence-electron chi connectivity index (χ3n) is 2.71. The quantitative estimate of drug-likeness (QED) is 0.797. The largest absolute Gasteiger partial charge is 0.481 e. The molecule has 2 heterocycles. The first-order valence-electron chi connectivity index (χ1n) is 5.39. The first-order valence-corrected chi connectivity index (χ1v) is 6.27. The van der Waals surface area contributed by atoms with E-state index >= 15 is 0 Å². The van der Waals surface area contributed by atoms with Crippen LogP contribution in [0, 0.1) is 5.92 Å². The predicted octanol–water partition coefficient (Wildman–Crippen LogP) is 0.381. The lowest BCUT2D eigenvalue weighted by Gasteiger charge is -2.35. The summed E-state index contributed by atoms with van der Waals surface area (Å²) in [7, 11) is 0. The zero-order valence-corrected chi connectivity index (χ0v) is 10.1. The molecule has 1 fully saturated rings. The lowest BCUT2D eigenvalue weighted by molar-refractivity contribution is -0.148. The van der Waals surface area contributed by atoms with Crippen molar-refractivity contribution in [3.05, 3.63) is 22.4 Å². The lowest BCUT2D eigenvalue weighted by Crippen LogP contribution is -2.53. The molecule has 0 saturated carbocycles. The summed E-state index contributed by atoms with van der Waals surface area (Å²) in [5.74, 6) is -1.14. The molecule has 17 heavy (non-hydrogen) atoms. The van der Waals surface area contributed by atoms with E-state index in [1.807, 2.05) is 22.4 Å². The smallest absolute Gasteiger partial charge is 0.309 e. The molecule has 92 valence electrons. The highest BCUT2D eigenvalue weighted by molar-refractivity contribution is 7.09. The van der Waals surface area contributed by atoms with Crippen LogP contribution in [0.5, 0.6) is 0 Å². The fraction of sp³-hybridized carbons (Fsp3) is 0.455. The van der Waals surface area contributed by atoms with Crippen molar-refractivity contribution in [1.82, 2.24) is 10.2 Å². The molecular weight excluding hydrogens is 240 g/mol. The van der Waals surface area contributed by atoms with Gasteiger partial charge in [-0.05, 0) is 11.4 Å². The maximum absolute atomic E-state index is 11.5. The standard InChI is InChI=1S/C11H14N2O3S/c14-10(12-4-9-2-1-3-17-9)7-13-5-8(6-13)11(15)16/h1-3,8H,4-7H2,(H,12,14)(H,15,16). The van der Waals surface area contributed by atoms with Crippen molar-refractivity contribution in [2.45, 2.75) is 6.54 Å². The van der Waals surface area contributed by atoms with Gasteiger partial charge in [0.25, 0.3) is 0 Å². The monoisotopic (exact) mass is 254 g/mol. The van der Waals surface area contributed by atoms with E-state index in [1.165, 1.54) is 0 Å². The van der Waals surface area contributed by atoms with Gasteiger partial charge < -0.3 is 10.4 Å². The van der Waals surface area contributed by atoms with Crippen LogP contribution in [0.25, 0.3) is 0 Å². The van der Waals surface area contributed by atoms with Crippen molar-refractivity contribution in [3.63, 3.8) is 0 Å². The summed E-state index contributed by atoms with van der Waals surface area (Å²) in [5, 5.41) is 13.5. The average Bonchev–Trinajstić information content (AvgIpc) is 2.72. The minimum absolute atomic E-state index is 0.0535. The Hall–Kier alpha value is -1.40. The second-order valence-electron chi connectivity index (χ2n) is 4.09. The Balaban J connectivity index is 1.64. The Labute approximate surface area is 103 Å². The van der Waals surface area contributed by atoms with Gasteiger partial charge in [0.05, 0.1) is 19.0 Å². The number of aliphatic carboxylic acids is 1. The molecule has 0 unspecified atom stereocenters. The Kier molecular flexibility index (Phi) is 3.75. The SMILES string of the molecule is O=C(CN1CC(C(=O)O)C1)NCc1cccs1. The maximum atomic E-state index is 11.5. The van der Waals surface area contributed by atoms with E-state index < -0.39 is 5.97 Å². The predicted molar refractivity (Wildman–Crippen MR) is 63.7 cm³/mol. The molecule has 0 spiro atoms. The number of hydrogen-bond acceptors (Lipinski definition) is 4. The second-order valence-corrected chi connectivity index (χ2v) is 5.12. The third-order valence-corrected chi connectivity index (χ3v) is 3.59. The molecule has 0 aromatic carbocycles. The number of carboxylic acids is 1. The summed E-state index contributed by atoms with van der Waals surface area (Å²) in [6.07, 6.45) is 0. The molecule has 1 aromatic heterocycles. The molecule has 0 aliphatic carbocycles. The molecule has 1 aromatic rings. The van der Waals surface area contributed by atoms with E-state index in [-0.39, 0.29) is 18.4 Å². The molecule has 0 bridgehead atoms. The molecule has 2 rings (SSSR count). The Bertz CT molecular complexity index is 399. The van der Waals surface area contributed by atoms with E-state index in [0.717, 1.165) is 4.88 Å². The van der Waals surface area contributed by atoms with Crippen molar-refractivity contribution >= 4 is 23.2 Å². The molecule has 0 radical (unpaired) electrons. The number of carboxylic acid groups (broad SMARTS) is 1. The van der Waals surface area contributed by atoms with Gasteiger partial charge in [-0.15, -0.1) is 11.3 Å². The van der Waals surface area contributed by atoms with E-state index in [2.05, 4.69) is 5.32 Å². The Morgan fingerprint density at radius 1 is 1.53 bits per heavy atom. The van der Waals surface area contributed by atoms with Crippen LogP contribution in [-0.2, 0) is 16.1 Å². The van der Waals surface area contributed by atoms with Crippen LogP contribution in [0.2, 0.25) is 0 Å². The minimum Gasteiger partial charge on any atom is -0.481 e. The van der Waals surface area contributed by atoms with Crippen molar-refractivity contribution in [2.24, 2.45) is 5.92 Å². The van der Waals surface area contributed by atoms with E-state index in [4.69, 9.17) is 5.11 Å². The molecule has 6 heteroatoms. The number of carbonyl (C=O) groups is 2. The number of rotatable bonds is 5. The number of nitrogens with one attached hydrogen (secondary N) is 1. The molecule has 1 amide bonds. The summed E-state index contributed by atoms with van der Waals surface area (Å²) < 4.78 is 0. The fourth-order valence-corrected chi connectivity index (χ4v) is 2.36. The highest BCUT2D eigenvalue weighted by Gasteiger charge is 2.33. The third kappa shape index (κ3) is 3.28. The van der Waals surface area contributed by atoms with Gasteiger partial charge in [-0.1, -0.05) is 6.07 Å². The van der Waals surface area contributed by atoms with Crippen LogP contribution >= 0.6 is 11.3 Å². The van der Waals surface area contributed by atoms with Crippen LogP contribution in [-0.4, -0.2) is 41.5 Å². The molecule has 0 atom stereocenters. The molecule has 1 saturated heterocycles. The van der Waals surface area contributed by atoms with Crippen molar-refractivity contribution in [1.29, 1.82) is 0 Å². The fourth-order valence-electron chi connectivity index (χ4n) is 1.71. The number of carbonyl (C=O) groups excluding carboxylic acids is 1. The summed E-state index contributed by atoms with van der Waals surface area (Å²) in [6, 6.07) is 3.91. The van der Waals surface area contributed by atoms with Crippen molar-refractivity contribution < 1.29 is 14.7 Å². The topological polar surface area (TPSA) is 69.6 Å². The zero-order chi connectivity index (χ0) is 12.3. The number of hydrogen-bond donors (Lipinski definition) is 2. The van der Waals surface area contributed by atoms with Crippen LogP contribution in [0.1, 0.15) is 4.88 Å². The van der Waals surface area contributed by atoms with Crippen LogP contribution in [0.3, 0.4) is 0 Å². The highest BCUT2D eigenvalue weighted by atomic mass is 32.1. The van der Waals surface area contributed by atoms with E-state index in [9.17, 15) is 9.59 Å². The van der Waals surface area contributed by atoms with Crippen LogP contribution < -0.4 is 5.32 Å². The normalized spacial score (nSPS) is 16.5. The van der Waals surface area contributed by atoms with Crippen molar-refractivity contribution in [2.75, 3.05) is 19.6 Å². The van der Waals surface area contributed by atoms with Gasteiger partial charge in [0.2, 0.25) is 5.91 Å². The van der Waals surface area contributed by atoms with E-state index in [1.54, 1.807) is 11.3 Å². The molecular formula is C11H14N2O3S. The summed E-state index contributed by atoms with van der Waals surface area (Å²) in [4.78, 5) is 25.0. The maximum Gasteiger partial charge on any atom is 0.309 e. The van der Waals surface area contributed by atoms with Gasteiger partial charge in [0.15, 0.2) is 0 Å². The molecule has 1 aliphatic heterocycles. The number of likely N-dealkylation sites (tertiary alicyclic amines) is 1. The highest BCUT2D eigenvalue weighted by Crippen LogP contribution is 2.14.